The van der Waals surface area contributed by atoms with Crippen LogP contribution in [-0.4, -0.2) is 81.1 Å². The van der Waals surface area contributed by atoms with Gasteiger partial charge in [0.05, 0.1) is 16.8 Å². The lowest BCUT2D eigenvalue weighted by atomic mass is 9.94. The molecule has 0 spiro atoms. The molecule has 2 saturated heterocycles. The number of aryl methyl sites for hydroxylation is 1. The molecule has 2 aromatic heterocycles. The van der Waals surface area contributed by atoms with Gasteiger partial charge in [-0.2, -0.15) is 10.1 Å². The molecule has 1 atom stereocenters. The molecule has 254 valence electrons. The molecule has 3 aromatic carbocycles. The summed E-state index contributed by atoms with van der Waals surface area (Å²) >= 11 is 0. The number of piperidine rings is 1. The topological polar surface area (TPSA) is 96.2 Å². The van der Waals surface area contributed by atoms with E-state index < -0.39 is 6.09 Å². The van der Waals surface area contributed by atoms with Gasteiger partial charge in [-0.1, -0.05) is 72.8 Å². The lowest BCUT2D eigenvalue weighted by molar-refractivity contribution is 0.0632. The number of anilines is 1. The van der Waals surface area contributed by atoms with Gasteiger partial charge >= 0.3 is 6.09 Å². The highest BCUT2D eigenvalue weighted by Gasteiger charge is 2.30. The van der Waals surface area contributed by atoms with E-state index in [1.807, 2.05) is 84.5 Å². The lowest BCUT2D eigenvalue weighted by Gasteiger charge is -2.42. The van der Waals surface area contributed by atoms with Crippen LogP contribution in [0.3, 0.4) is 0 Å². The minimum Gasteiger partial charge on any atom is -0.473 e. The number of rotatable bonds is 10. The largest absolute Gasteiger partial charge is 0.473 e. The molecule has 2 fully saturated rings. The Balaban J connectivity index is 1.10. The molecule has 2 aliphatic heterocycles. The van der Waals surface area contributed by atoms with Crippen LogP contribution in [-0.2, 0) is 20.3 Å². The molecule has 5 aromatic rings. The molecule has 10 heteroatoms. The van der Waals surface area contributed by atoms with Crippen molar-refractivity contribution < 1.29 is 19.4 Å². The fraction of sp³-hybridized carbons (Fsp3) is 0.359. The van der Waals surface area contributed by atoms with Crippen LogP contribution in [0.4, 0.5) is 10.5 Å². The molecule has 2 aliphatic rings. The summed E-state index contributed by atoms with van der Waals surface area (Å²) in [6.07, 6.45) is 1.38. The minimum atomic E-state index is -0.815. The van der Waals surface area contributed by atoms with Crippen molar-refractivity contribution in [3.8, 4) is 23.0 Å². The highest BCUT2D eigenvalue weighted by atomic mass is 16.5. The maximum absolute atomic E-state index is 11.4. The predicted molar refractivity (Wildman–Crippen MR) is 191 cm³/mol. The Morgan fingerprint density at radius 1 is 0.837 bits per heavy atom. The second-order valence-electron chi connectivity index (χ2n) is 13.2. The van der Waals surface area contributed by atoms with Gasteiger partial charge in [-0.25, -0.2) is 4.79 Å². The summed E-state index contributed by atoms with van der Waals surface area (Å²) in [6.45, 7) is 7.86. The average molecular weight is 661 g/mol. The van der Waals surface area contributed by atoms with E-state index in [1.54, 1.807) is 0 Å². The number of carboxylic acid groups (broad SMARTS) is 1. The molecule has 49 heavy (non-hydrogen) atoms. The van der Waals surface area contributed by atoms with E-state index in [9.17, 15) is 9.90 Å². The van der Waals surface area contributed by atoms with Gasteiger partial charge in [0.25, 0.3) is 0 Å². The van der Waals surface area contributed by atoms with Crippen molar-refractivity contribution in [2.75, 3.05) is 44.2 Å². The quantitative estimate of drug-likeness (QED) is 0.177. The van der Waals surface area contributed by atoms with Crippen LogP contribution in [0.5, 0.6) is 11.8 Å². The third-order valence-electron chi connectivity index (χ3n) is 9.86. The zero-order valence-electron chi connectivity index (χ0n) is 28.2. The van der Waals surface area contributed by atoms with Crippen molar-refractivity contribution in [2.45, 2.75) is 39.0 Å². The number of nitrogens with zero attached hydrogens (tertiary/aromatic N) is 6. The van der Waals surface area contributed by atoms with Gasteiger partial charge in [-0.15, -0.1) is 0 Å². The van der Waals surface area contributed by atoms with Gasteiger partial charge in [0.1, 0.15) is 18.9 Å². The van der Waals surface area contributed by atoms with Gasteiger partial charge < -0.3 is 24.4 Å². The summed E-state index contributed by atoms with van der Waals surface area (Å²) in [5, 5.41) is 15.5. The van der Waals surface area contributed by atoms with Crippen LogP contribution in [0, 0.1) is 5.92 Å². The van der Waals surface area contributed by atoms with Crippen molar-refractivity contribution in [1.29, 1.82) is 0 Å². The Labute approximate surface area is 287 Å². The van der Waals surface area contributed by atoms with E-state index in [0.29, 0.717) is 44.0 Å². The summed E-state index contributed by atoms with van der Waals surface area (Å²) < 4.78 is 14.5. The molecule has 4 heterocycles. The van der Waals surface area contributed by atoms with Crippen LogP contribution < -0.4 is 14.4 Å². The normalized spacial score (nSPS) is 17.4. The first-order valence-electron chi connectivity index (χ1n) is 17.2. The van der Waals surface area contributed by atoms with E-state index in [-0.39, 0.29) is 6.04 Å². The van der Waals surface area contributed by atoms with Gasteiger partial charge in [0.2, 0.25) is 11.8 Å². The van der Waals surface area contributed by atoms with Crippen molar-refractivity contribution in [1.82, 2.24) is 24.6 Å². The number of amides is 1. The van der Waals surface area contributed by atoms with Gasteiger partial charge in [-0.05, 0) is 48.9 Å². The standard InChI is InChI=1S/C39H44N6O4/c1-28-24-45(39(46)47)23-22-44(28)25-29-18-20-43(21-19-29)34-15-9-14-32-36(41-42(2)37(32)34)33-16-17-35(48-26-30-10-5-3-6-11-30)40-38(33)49-27-31-12-7-4-8-13-31/h3-17,28-29H,18-27H2,1-2H3,(H,46,47)/t28-/m0/s1. The summed E-state index contributed by atoms with van der Waals surface area (Å²) in [5.41, 5.74) is 6.05. The van der Waals surface area contributed by atoms with Gasteiger partial charge in [0, 0.05) is 63.8 Å². The minimum absolute atomic E-state index is 0.241. The molecule has 1 amide bonds. The van der Waals surface area contributed by atoms with Gasteiger partial charge in [0.15, 0.2) is 0 Å². The second-order valence-corrected chi connectivity index (χ2v) is 13.2. The third kappa shape index (κ3) is 7.34. The van der Waals surface area contributed by atoms with Crippen molar-refractivity contribution in [3.05, 3.63) is 102 Å². The van der Waals surface area contributed by atoms with E-state index in [2.05, 4.69) is 34.9 Å². The van der Waals surface area contributed by atoms with E-state index in [1.165, 1.54) is 10.6 Å². The molecular weight excluding hydrogens is 616 g/mol. The zero-order valence-corrected chi connectivity index (χ0v) is 28.2. The number of benzene rings is 3. The van der Waals surface area contributed by atoms with Crippen LogP contribution >= 0.6 is 0 Å². The first-order chi connectivity index (χ1) is 23.9. The van der Waals surface area contributed by atoms with Gasteiger partial charge in [-0.3, -0.25) is 9.58 Å². The van der Waals surface area contributed by atoms with E-state index in [4.69, 9.17) is 19.6 Å². The zero-order chi connectivity index (χ0) is 33.7. The van der Waals surface area contributed by atoms with E-state index in [0.717, 1.165) is 72.3 Å². The van der Waals surface area contributed by atoms with Crippen molar-refractivity contribution in [2.24, 2.45) is 13.0 Å². The van der Waals surface area contributed by atoms with Crippen LogP contribution in [0.2, 0.25) is 0 Å². The monoisotopic (exact) mass is 660 g/mol. The number of ether oxygens (including phenoxy) is 2. The Kier molecular flexibility index (Phi) is 9.65. The number of hydrogen-bond acceptors (Lipinski definition) is 7. The second kappa shape index (κ2) is 14.6. The Morgan fingerprint density at radius 2 is 1.53 bits per heavy atom. The number of piperazine rings is 1. The first-order valence-corrected chi connectivity index (χ1v) is 17.2. The maximum atomic E-state index is 11.4. The molecular formula is C39H44N6O4. The Morgan fingerprint density at radius 3 is 2.20 bits per heavy atom. The molecule has 10 nitrogen and oxygen atoms in total. The highest BCUT2D eigenvalue weighted by molar-refractivity contribution is 6.01. The number of hydrogen-bond donors (Lipinski definition) is 1. The Bertz CT molecular complexity index is 1870. The predicted octanol–water partition coefficient (Wildman–Crippen LogP) is 6.69. The number of para-hydroxylation sites is 1. The van der Waals surface area contributed by atoms with Crippen LogP contribution in [0.15, 0.2) is 91.0 Å². The highest BCUT2D eigenvalue weighted by Crippen LogP contribution is 2.39. The maximum Gasteiger partial charge on any atom is 0.407 e. The summed E-state index contributed by atoms with van der Waals surface area (Å²) in [7, 11) is 2.01. The molecule has 0 unspecified atom stereocenters. The van der Waals surface area contributed by atoms with Crippen LogP contribution in [0.1, 0.15) is 30.9 Å². The average Bonchev–Trinajstić information content (AvgIpc) is 3.48. The fourth-order valence-corrected chi connectivity index (χ4v) is 7.15. The molecule has 0 saturated carbocycles. The first kappa shape index (κ1) is 32.5. The Hall–Kier alpha value is -5.09. The third-order valence-corrected chi connectivity index (χ3v) is 9.86. The number of carbonyl (C=O) groups is 1. The molecule has 1 N–H and O–H groups in total. The summed E-state index contributed by atoms with van der Waals surface area (Å²) in [5.74, 6) is 1.58. The number of fused-ring (bicyclic) bond motifs is 1. The fourth-order valence-electron chi connectivity index (χ4n) is 7.15. The summed E-state index contributed by atoms with van der Waals surface area (Å²) in [4.78, 5) is 22.8. The number of aromatic nitrogens is 3. The smallest absolute Gasteiger partial charge is 0.407 e. The number of pyridine rings is 1. The molecule has 0 radical (unpaired) electrons. The molecule has 0 bridgehead atoms. The SMILES string of the molecule is C[C@H]1CN(C(=O)O)CCN1CC1CCN(c2cccc3c(-c4ccc(OCc5ccccc5)nc4OCc4ccccc4)nn(C)c23)CC1. The summed E-state index contributed by atoms with van der Waals surface area (Å²) in [6, 6.07) is 30.7. The van der Waals surface area contributed by atoms with E-state index >= 15 is 0 Å². The van der Waals surface area contributed by atoms with Crippen molar-refractivity contribution >= 4 is 22.7 Å². The molecule has 7 rings (SSSR count). The van der Waals surface area contributed by atoms with Crippen LogP contribution in [0.25, 0.3) is 22.2 Å². The van der Waals surface area contributed by atoms with Crippen molar-refractivity contribution in [3.63, 3.8) is 0 Å². The molecule has 0 aliphatic carbocycles. The lowest BCUT2D eigenvalue weighted by Crippen LogP contribution is -2.54.